The van der Waals surface area contributed by atoms with Gasteiger partial charge in [0.25, 0.3) is 0 Å². The fourth-order valence-corrected chi connectivity index (χ4v) is 3.25. The van der Waals surface area contributed by atoms with Crippen LogP contribution in [-0.4, -0.2) is 26.1 Å². The van der Waals surface area contributed by atoms with Gasteiger partial charge in [0, 0.05) is 41.9 Å². The molecule has 0 unspecified atom stereocenters. The normalized spacial score (nSPS) is 14.5. The molecule has 4 rings (SSSR count). The van der Waals surface area contributed by atoms with Gasteiger partial charge in [0.2, 0.25) is 0 Å². The number of nitrogens with zero attached hydrogens (tertiary/aromatic N) is 5. The molecule has 0 radical (unpaired) electrons. The molecule has 0 spiro atoms. The second-order valence-electron chi connectivity index (χ2n) is 4.98. The Bertz CT molecular complexity index is 831. The van der Waals surface area contributed by atoms with Crippen molar-refractivity contribution in [3.05, 3.63) is 51.5 Å². The molecule has 0 bridgehead atoms. The van der Waals surface area contributed by atoms with Crippen LogP contribution in [-0.2, 0) is 13.0 Å². The Balaban J connectivity index is 1.74. The summed E-state index contributed by atoms with van der Waals surface area (Å²) in [5.74, 6) is 0.801. The van der Waals surface area contributed by atoms with Gasteiger partial charge in [-0.3, -0.25) is 4.98 Å². The summed E-state index contributed by atoms with van der Waals surface area (Å²) in [6.45, 7) is 1.62. The lowest BCUT2D eigenvalue weighted by molar-refractivity contribution is 0.701. The number of fused-ring (bicyclic) bond motifs is 2. The first-order valence-corrected chi connectivity index (χ1v) is 7.76. The van der Waals surface area contributed by atoms with Crippen molar-refractivity contribution >= 4 is 39.0 Å². The predicted octanol–water partition coefficient (Wildman–Crippen LogP) is 3.10. The van der Waals surface area contributed by atoms with Crippen molar-refractivity contribution in [2.24, 2.45) is 0 Å². The van der Waals surface area contributed by atoms with Gasteiger partial charge in [0.05, 0.1) is 12.4 Å². The summed E-state index contributed by atoms with van der Waals surface area (Å²) in [6, 6.07) is 3.98. The van der Waals surface area contributed by atoms with E-state index in [-0.39, 0.29) is 0 Å². The van der Waals surface area contributed by atoms with Crippen molar-refractivity contribution in [1.29, 1.82) is 0 Å². The van der Waals surface area contributed by atoms with Crippen LogP contribution in [0.1, 0.15) is 11.3 Å². The third kappa shape index (κ3) is 2.28. The minimum Gasteiger partial charge on any atom is -0.350 e. The average Bonchev–Trinajstić information content (AvgIpc) is 2.92. The van der Waals surface area contributed by atoms with Gasteiger partial charge in [-0.05, 0) is 27.6 Å². The number of anilines is 1. The van der Waals surface area contributed by atoms with Gasteiger partial charge in [-0.25, -0.2) is 9.50 Å². The zero-order valence-corrected chi connectivity index (χ0v) is 13.3. The minimum atomic E-state index is 0.609. The summed E-state index contributed by atoms with van der Waals surface area (Å²) in [5, 5.41) is 4.76. The van der Waals surface area contributed by atoms with Gasteiger partial charge >= 0.3 is 0 Å². The number of aromatic nitrogens is 4. The molecule has 5 nitrogen and oxygen atoms in total. The van der Waals surface area contributed by atoms with Crippen LogP contribution in [0, 0.1) is 0 Å². The molecule has 0 saturated carbocycles. The molecule has 106 valence electrons. The van der Waals surface area contributed by atoms with Crippen LogP contribution < -0.4 is 4.90 Å². The molecule has 0 aliphatic carbocycles. The Labute approximate surface area is 134 Å². The van der Waals surface area contributed by atoms with Gasteiger partial charge in [0.15, 0.2) is 11.5 Å². The summed E-state index contributed by atoms with van der Waals surface area (Å²) in [7, 11) is 0. The topological polar surface area (TPSA) is 46.3 Å². The molecule has 0 aromatic carbocycles. The summed E-state index contributed by atoms with van der Waals surface area (Å²) in [4.78, 5) is 11.3. The van der Waals surface area contributed by atoms with Gasteiger partial charge in [-0.1, -0.05) is 11.6 Å². The van der Waals surface area contributed by atoms with E-state index in [1.165, 1.54) is 5.56 Å². The average molecular weight is 365 g/mol. The largest absolute Gasteiger partial charge is 0.350 e. The third-order valence-corrected chi connectivity index (χ3v) is 4.33. The number of halogens is 2. The first-order valence-electron chi connectivity index (χ1n) is 6.59. The molecule has 0 atom stereocenters. The van der Waals surface area contributed by atoms with Crippen molar-refractivity contribution in [2.75, 3.05) is 11.4 Å². The lowest BCUT2D eigenvalue weighted by atomic mass is 10.1. The van der Waals surface area contributed by atoms with E-state index in [0.29, 0.717) is 5.02 Å². The maximum absolute atomic E-state index is 6.36. The van der Waals surface area contributed by atoms with Gasteiger partial charge in [-0.2, -0.15) is 5.10 Å². The van der Waals surface area contributed by atoms with Crippen LogP contribution in [0.4, 0.5) is 5.82 Å². The van der Waals surface area contributed by atoms with E-state index in [1.807, 2.05) is 12.3 Å². The summed E-state index contributed by atoms with van der Waals surface area (Å²) in [6.07, 6.45) is 6.26. The highest BCUT2D eigenvalue weighted by atomic mass is 79.9. The fourth-order valence-electron chi connectivity index (χ4n) is 2.62. The first kappa shape index (κ1) is 13.0. The smallest absolute Gasteiger partial charge is 0.157 e. The van der Waals surface area contributed by atoms with Crippen molar-refractivity contribution in [1.82, 2.24) is 19.6 Å². The molecule has 0 amide bonds. The van der Waals surface area contributed by atoms with E-state index < -0.39 is 0 Å². The number of hydrogen-bond acceptors (Lipinski definition) is 4. The highest BCUT2D eigenvalue weighted by molar-refractivity contribution is 9.10. The molecule has 3 aromatic rings. The van der Waals surface area contributed by atoms with Crippen LogP contribution >= 0.6 is 27.5 Å². The van der Waals surface area contributed by atoms with E-state index in [0.717, 1.165) is 41.1 Å². The summed E-state index contributed by atoms with van der Waals surface area (Å²) >= 11 is 9.84. The van der Waals surface area contributed by atoms with Crippen LogP contribution in [0.25, 0.3) is 5.65 Å². The van der Waals surface area contributed by atoms with E-state index >= 15 is 0 Å². The van der Waals surface area contributed by atoms with Crippen LogP contribution in [0.15, 0.2) is 35.2 Å². The molecular weight excluding hydrogens is 354 g/mol. The Kier molecular flexibility index (Phi) is 3.08. The van der Waals surface area contributed by atoms with E-state index in [9.17, 15) is 0 Å². The lowest BCUT2D eigenvalue weighted by Crippen LogP contribution is -2.32. The molecule has 1 aliphatic rings. The molecule has 21 heavy (non-hydrogen) atoms. The Morgan fingerprint density at radius 1 is 1.33 bits per heavy atom. The van der Waals surface area contributed by atoms with Gasteiger partial charge < -0.3 is 4.90 Å². The maximum atomic E-state index is 6.36. The zero-order valence-electron chi connectivity index (χ0n) is 11.0. The molecule has 4 heterocycles. The Morgan fingerprint density at radius 2 is 2.24 bits per heavy atom. The molecule has 0 N–H and O–H groups in total. The maximum Gasteiger partial charge on any atom is 0.157 e. The third-order valence-electron chi connectivity index (χ3n) is 3.62. The zero-order chi connectivity index (χ0) is 14.4. The van der Waals surface area contributed by atoms with E-state index in [1.54, 1.807) is 16.9 Å². The van der Waals surface area contributed by atoms with Crippen molar-refractivity contribution < 1.29 is 0 Å². The second kappa shape index (κ2) is 4.96. The van der Waals surface area contributed by atoms with Gasteiger partial charge in [0.1, 0.15) is 5.02 Å². The quantitative estimate of drug-likeness (QED) is 0.666. The number of hydrogen-bond donors (Lipinski definition) is 0. The van der Waals surface area contributed by atoms with E-state index in [2.05, 4.69) is 42.0 Å². The second-order valence-corrected chi connectivity index (χ2v) is 6.30. The highest BCUT2D eigenvalue weighted by Gasteiger charge is 2.21. The molecule has 0 fully saturated rings. The number of rotatable bonds is 1. The molecular formula is C14H11BrClN5. The Morgan fingerprint density at radius 3 is 3.14 bits per heavy atom. The molecule has 1 aliphatic heterocycles. The lowest BCUT2D eigenvalue weighted by Gasteiger charge is -2.29. The monoisotopic (exact) mass is 363 g/mol. The minimum absolute atomic E-state index is 0.609. The van der Waals surface area contributed by atoms with E-state index in [4.69, 9.17) is 11.6 Å². The van der Waals surface area contributed by atoms with Crippen molar-refractivity contribution in [2.45, 2.75) is 13.0 Å². The standard InChI is InChI=1S/C14H11BrClN5/c15-10-5-9-7-20(4-2-12(9)17-6-10)14-11(16)8-21-13(19-14)1-3-18-21/h1,3,5-6,8H,2,4,7H2. The number of pyridine rings is 1. The van der Waals surface area contributed by atoms with Gasteiger partial charge in [-0.15, -0.1) is 0 Å². The van der Waals surface area contributed by atoms with Crippen LogP contribution in [0.2, 0.25) is 5.02 Å². The van der Waals surface area contributed by atoms with Crippen molar-refractivity contribution in [3.63, 3.8) is 0 Å². The SMILES string of the molecule is Clc1cn2nccc2nc1N1CCc2ncc(Br)cc2C1. The molecule has 7 heteroatoms. The molecule has 3 aromatic heterocycles. The summed E-state index contributed by atoms with van der Waals surface area (Å²) < 4.78 is 2.68. The Hall–Kier alpha value is -1.66. The highest BCUT2D eigenvalue weighted by Crippen LogP contribution is 2.29. The van der Waals surface area contributed by atoms with Crippen molar-refractivity contribution in [3.8, 4) is 0 Å². The first-order chi connectivity index (χ1) is 10.2. The predicted molar refractivity (Wildman–Crippen MR) is 84.7 cm³/mol. The fraction of sp³-hybridized carbons (Fsp3) is 0.214. The van der Waals surface area contributed by atoms with Crippen LogP contribution in [0.3, 0.4) is 0 Å². The van der Waals surface area contributed by atoms with Crippen LogP contribution in [0.5, 0.6) is 0 Å². The molecule has 0 saturated heterocycles. The summed E-state index contributed by atoms with van der Waals surface area (Å²) in [5.41, 5.74) is 3.16.